The Hall–Kier alpha value is -1.43. The minimum Gasteiger partial charge on any atom is -0.444 e. The van der Waals surface area contributed by atoms with Crippen LogP contribution in [0.15, 0.2) is 30.3 Å². The van der Waals surface area contributed by atoms with E-state index in [-0.39, 0.29) is 12.3 Å². The highest BCUT2D eigenvalue weighted by atomic mass is 16.5. The molecule has 1 saturated heterocycles. The second kappa shape index (κ2) is 6.49. The molecule has 1 aromatic rings. The van der Waals surface area contributed by atoms with Gasteiger partial charge in [0, 0.05) is 24.7 Å². The molecule has 2 rings (SSSR count). The number of benzene rings is 1. The SMILES string of the molecule is NNC1CCCN(C(OC=O)c2ccccc2)C1. The summed E-state index contributed by atoms with van der Waals surface area (Å²) in [5.41, 5.74) is 3.78. The lowest BCUT2D eigenvalue weighted by molar-refractivity contribution is -0.146. The van der Waals surface area contributed by atoms with Gasteiger partial charge >= 0.3 is 0 Å². The molecule has 5 nitrogen and oxygen atoms in total. The third-order valence-electron chi connectivity index (χ3n) is 3.29. The second-order valence-corrected chi connectivity index (χ2v) is 4.50. The number of carbonyl (C=O) groups excluding carboxylic acids is 1. The van der Waals surface area contributed by atoms with Crippen molar-refractivity contribution in [1.82, 2.24) is 10.3 Å². The first-order chi connectivity index (χ1) is 8.85. The molecule has 98 valence electrons. The van der Waals surface area contributed by atoms with Crippen LogP contribution < -0.4 is 11.3 Å². The van der Waals surface area contributed by atoms with Gasteiger partial charge in [-0.2, -0.15) is 0 Å². The molecule has 0 bridgehead atoms. The van der Waals surface area contributed by atoms with Crippen molar-refractivity contribution < 1.29 is 9.53 Å². The van der Waals surface area contributed by atoms with E-state index in [9.17, 15) is 4.79 Å². The van der Waals surface area contributed by atoms with E-state index in [0.717, 1.165) is 31.5 Å². The molecule has 0 saturated carbocycles. The number of carbonyl (C=O) groups is 1. The smallest absolute Gasteiger partial charge is 0.294 e. The summed E-state index contributed by atoms with van der Waals surface area (Å²) in [7, 11) is 0. The molecule has 18 heavy (non-hydrogen) atoms. The van der Waals surface area contributed by atoms with Crippen molar-refractivity contribution in [3.8, 4) is 0 Å². The fraction of sp³-hybridized carbons (Fsp3) is 0.462. The maximum Gasteiger partial charge on any atom is 0.294 e. The van der Waals surface area contributed by atoms with Gasteiger partial charge in [-0.3, -0.25) is 21.0 Å². The van der Waals surface area contributed by atoms with Gasteiger partial charge in [-0.05, 0) is 12.8 Å². The third kappa shape index (κ3) is 3.07. The van der Waals surface area contributed by atoms with Crippen LogP contribution in [0, 0.1) is 0 Å². The summed E-state index contributed by atoms with van der Waals surface area (Å²) < 4.78 is 5.24. The summed E-state index contributed by atoms with van der Waals surface area (Å²) in [5.74, 6) is 5.49. The molecule has 2 atom stereocenters. The molecule has 1 aromatic carbocycles. The molecule has 0 radical (unpaired) electrons. The van der Waals surface area contributed by atoms with Crippen LogP contribution in [0.1, 0.15) is 24.6 Å². The molecule has 2 unspecified atom stereocenters. The summed E-state index contributed by atoms with van der Waals surface area (Å²) in [4.78, 5) is 12.8. The Morgan fingerprint density at radius 3 is 2.89 bits per heavy atom. The molecular weight excluding hydrogens is 230 g/mol. The minimum absolute atomic E-state index is 0.250. The zero-order valence-corrected chi connectivity index (χ0v) is 10.3. The Morgan fingerprint density at radius 1 is 1.44 bits per heavy atom. The molecule has 1 aliphatic rings. The number of rotatable bonds is 5. The van der Waals surface area contributed by atoms with Crippen LogP contribution in [0.25, 0.3) is 0 Å². The van der Waals surface area contributed by atoms with E-state index in [1.54, 1.807) is 0 Å². The normalized spacial score (nSPS) is 22.4. The van der Waals surface area contributed by atoms with Crippen molar-refractivity contribution in [2.24, 2.45) is 5.84 Å². The van der Waals surface area contributed by atoms with Gasteiger partial charge in [0.05, 0.1) is 0 Å². The fourth-order valence-corrected chi connectivity index (χ4v) is 2.40. The summed E-state index contributed by atoms with van der Waals surface area (Å²) in [6, 6.07) is 10.0. The average molecular weight is 249 g/mol. The van der Waals surface area contributed by atoms with E-state index in [1.165, 1.54) is 0 Å². The van der Waals surface area contributed by atoms with Crippen molar-refractivity contribution >= 4 is 6.47 Å². The molecule has 5 heteroatoms. The van der Waals surface area contributed by atoms with Gasteiger partial charge in [0.25, 0.3) is 6.47 Å². The van der Waals surface area contributed by atoms with Gasteiger partial charge in [0.2, 0.25) is 0 Å². The molecule has 3 N–H and O–H groups in total. The number of hydrogen-bond donors (Lipinski definition) is 2. The topological polar surface area (TPSA) is 67.6 Å². The maximum atomic E-state index is 10.7. The standard InChI is InChI=1S/C13H19N3O2/c14-15-12-7-4-8-16(9-12)13(18-10-17)11-5-2-1-3-6-11/h1-3,5-6,10,12-13,15H,4,7-9,14H2. The number of nitrogens with one attached hydrogen (secondary N) is 1. The van der Waals surface area contributed by atoms with Crippen molar-refractivity contribution in [2.45, 2.75) is 25.1 Å². The summed E-state index contributed by atoms with van der Waals surface area (Å²) in [6.45, 7) is 2.20. The second-order valence-electron chi connectivity index (χ2n) is 4.50. The number of piperidine rings is 1. The van der Waals surface area contributed by atoms with E-state index < -0.39 is 0 Å². The van der Waals surface area contributed by atoms with Crippen LogP contribution in [-0.2, 0) is 9.53 Å². The number of hydrogen-bond acceptors (Lipinski definition) is 5. The lowest BCUT2D eigenvalue weighted by Crippen LogP contribution is -2.49. The number of nitrogens with zero attached hydrogens (tertiary/aromatic N) is 1. The molecule has 0 spiro atoms. The highest BCUT2D eigenvalue weighted by molar-refractivity contribution is 5.38. The predicted octanol–water partition coefficient (Wildman–Crippen LogP) is 0.786. The van der Waals surface area contributed by atoms with Crippen molar-refractivity contribution in [1.29, 1.82) is 0 Å². The van der Waals surface area contributed by atoms with Crippen LogP contribution in [0.2, 0.25) is 0 Å². The molecule has 1 heterocycles. The maximum absolute atomic E-state index is 10.7. The summed E-state index contributed by atoms with van der Waals surface area (Å²) >= 11 is 0. The van der Waals surface area contributed by atoms with Crippen LogP contribution in [0.4, 0.5) is 0 Å². The molecular formula is C13H19N3O2. The highest BCUT2D eigenvalue weighted by Crippen LogP contribution is 2.24. The molecule has 0 aliphatic carbocycles. The van der Waals surface area contributed by atoms with Gasteiger partial charge in [-0.1, -0.05) is 30.3 Å². The Labute approximate surface area is 107 Å². The number of likely N-dealkylation sites (tertiary alicyclic amines) is 1. The van der Waals surface area contributed by atoms with Crippen molar-refractivity contribution in [2.75, 3.05) is 13.1 Å². The van der Waals surface area contributed by atoms with Gasteiger partial charge in [0.1, 0.15) is 0 Å². The Kier molecular flexibility index (Phi) is 4.69. The molecule has 1 aliphatic heterocycles. The quantitative estimate of drug-likeness (QED) is 0.459. The Bertz CT molecular complexity index is 372. The van der Waals surface area contributed by atoms with Gasteiger partial charge in [-0.25, -0.2) is 0 Å². The first-order valence-corrected chi connectivity index (χ1v) is 6.19. The van der Waals surface area contributed by atoms with E-state index in [0.29, 0.717) is 6.47 Å². The lowest BCUT2D eigenvalue weighted by atomic mass is 10.0. The van der Waals surface area contributed by atoms with Crippen LogP contribution >= 0.6 is 0 Å². The van der Waals surface area contributed by atoms with Gasteiger partial charge < -0.3 is 4.74 Å². The largest absolute Gasteiger partial charge is 0.444 e. The van der Waals surface area contributed by atoms with Crippen molar-refractivity contribution in [3.05, 3.63) is 35.9 Å². The average Bonchev–Trinajstić information content (AvgIpc) is 2.46. The monoisotopic (exact) mass is 249 g/mol. The lowest BCUT2D eigenvalue weighted by Gasteiger charge is -2.36. The van der Waals surface area contributed by atoms with Gasteiger partial charge in [-0.15, -0.1) is 0 Å². The van der Waals surface area contributed by atoms with Crippen molar-refractivity contribution in [3.63, 3.8) is 0 Å². The van der Waals surface area contributed by atoms with E-state index in [2.05, 4.69) is 10.3 Å². The van der Waals surface area contributed by atoms with E-state index in [1.807, 2.05) is 30.3 Å². The van der Waals surface area contributed by atoms with E-state index >= 15 is 0 Å². The predicted molar refractivity (Wildman–Crippen MR) is 68.3 cm³/mol. The van der Waals surface area contributed by atoms with Crippen LogP contribution in [0.5, 0.6) is 0 Å². The highest BCUT2D eigenvalue weighted by Gasteiger charge is 2.27. The Balaban J connectivity index is 2.12. The first-order valence-electron chi connectivity index (χ1n) is 6.19. The fourth-order valence-electron chi connectivity index (χ4n) is 2.40. The summed E-state index contributed by atoms with van der Waals surface area (Å²) in [6.07, 6.45) is 1.77. The number of nitrogens with two attached hydrogens (primary N) is 1. The van der Waals surface area contributed by atoms with Crippen LogP contribution in [0.3, 0.4) is 0 Å². The first kappa shape index (κ1) is 13.0. The minimum atomic E-state index is -0.320. The molecule has 0 amide bonds. The summed E-state index contributed by atoms with van der Waals surface area (Å²) in [5, 5.41) is 0. The zero-order chi connectivity index (χ0) is 12.8. The molecule has 0 aromatic heterocycles. The third-order valence-corrected chi connectivity index (χ3v) is 3.29. The van der Waals surface area contributed by atoms with Crippen LogP contribution in [-0.4, -0.2) is 30.5 Å². The van der Waals surface area contributed by atoms with Gasteiger partial charge in [0.15, 0.2) is 6.23 Å². The number of hydrazine groups is 1. The van der Waals surface area contributed by atoms with E-state index in [4.69, 9.17) is 10.6 Å². The molecule has 1 fully saturated rings. The zero-order valence-electron chi connectivity index (χ0n) is 10.3. The number of ether oxygens (including phenoxy) is 1. The Morgan fingerprint density at radius 2 is 2.22 bits per heavy atom.